The molecule has 0 aliphatic heterocycles. The Hall–Kier alpha value is 0.630. The molecule has 0 aromatic heterocycles. The number of carbonyl (C=O) groups excluding carboxylic acids is 1. The molecule has 5 rings (SSSR count). The van der Waals surface area contributed by atoms with Gasteiger partial charge in [0, 0.05) is 17.2 Å². The molecule has 1 aromatic carbocycles. The Morgan fingerprint density at radius 3 is 2.18 bits per heavy atom. The minimum Gasteiger partial charge on any atom is -0.347 e. The Kier molecular flexibility index (Phi) is 4.29. The van der Waals surface area contributed by atoms with Crippen molar-refractivity contribution in [3.8, 4) is 0 Å². The van der Waals surface area contributed by atoms with E-state index in [9.17, 15) is 4.79 Å². The fourth-order valence-corrected chi connectivity index (χ4v) is 7.55. The molecular formula is C17H18BrI2NO. The van der Waals surface area contributed by atoms with E-state index in [1.165, 1.54) is 38.5 Å². The molecule has 1 N–H and O–H groups in total. The van der Waals surface area contributed by atoms with E-state index < -0.39 is 0 Å². The maximum atomic E-state index is 12.9. The Morgan fingerprint density at radius 1 is 1.09 bits per heavy atom. The van der Waals surface area contributed by atoms with Gasteiger partial charge in [-0.15, -0.1) is 0 Å². The average Bonchev–Trinajstić information content (AvgIpc) is 2.40. The lowest BCUT2D eigenvalue weighted by Crippen LogP contribution is -2.59. The third-order valence-electron chi connectivity index (χ3n) is 5.65. The largest absolute Gasteiger partial charge is 0.347 e. The summed E-state index contributed by atoms with van der Waals surface area (Å²) in [5, 5.41) is 3.46. The van der Waals surface area contributed by atoms with Gasteiger partial charge in [-0.2, -0.15) is 0 Å². The highest BCUT2D eigenvalue weighted by Gasteiger charge is 2.51. The number of halogens is 3. The highest BCUT2D eigenvalue weighted by Crippen LogP contribution is 2.55. The lowest BCUT2D eigenvalue weighted by Gasteiger charge is -2.56. The van der Waals surface area contributed by atoms with E-state index in [2.05, 4.69) is 72.5 Å². The molecule has 0 saturated heterocycles. The number of hydrogen-bond acceptors (Lipinski definition) is 1. The van der Waals surface area contributed by atoms with Crippen molar-refractivity contribution in [1.82, 2.24) is 5.32 Å². The summed E-state index contributed by atoms with van der Waals surface area (Å²) in [7, 11) is 0. The SMILES string of the molecule is O=C(NC12CC3CC(CC(C3)C1)C2)c1cc(I)cc(I)c1Br. The zero-order valence-corrected chi connectivity index (χ0v) is 18.1. The van der Waals surface area contributed by atoms with Crippen LogP contribution in [0.1, 0.15) is 48.9 Å². The Labute approximate surface area is 167 Å². The molecular weight excluding hydrogens is 568 g/mol. The predicted octanol–water partition coefficient (Wildman–Crippen LogP) is 5.36. The molecule has 4 aliphatic carbocycles. The van der Waals surface area contributed by atoms with Crippen molar-refractivity contribution in [1.29, 1.82) is 0 Å². The van der Waals surface area contributed by atoms with E-state index in [0.29, 0.717) is 0 Å². The van der Waals surface area contributed by atoms with Gasteiger partial charge in [0.15, 0.2) is 0 Å². The summed E-state index contributed by atoms with van der Waals surface area (Å²) in [6, 6.07) is 4.08. The second-order valence-electron chi connectivity index (χ2n) is 7.40. The molecule has 1 aromatic rings. The first-order valence-corrected chi connectivity index (χ1v) is 10.9. The maximum Gasteiger partial charge on any atom is 0.252 e. The van der Waals surface area contributed by atoms with Crippen LogP contribution in [0.3, 0.4) is 0 Å². The number of nitrogens with one attached hydrogen (secondary N) is 1. The van der Waals surface area contributed by atoms with Crippen molar-refractivity contribution >= 4 is 67.0 Å². The Balaban J connectivity index is 1.60. The van der Waals surface area contributed by atoms with Crippen molar-refractivity contribution in [2.45, 2.75) is 44.1 Å². The number of hydrogen-bond donors (Lipinski definition) is 1. The van der Waals surface area contributed by atoms with Crippen molar-refractivity contribution in [2.24, 2.45) is 17.8 Å². The molecule has 0 heterocycles. The van der Waals surface area contributed by atoms with Gasteiger partial charge in [0.1, 0.15) is 0 Å². The van der Waals surface area contributed by atoms with Crippen LogP contribution in [0, 0.1) is 24.9 Å². The van der Waals surface area contributed by atoms with Crippen LogP contribution in [0.15, 0.2) is 16.6 Å². The number of rotatable bonds is 2. The molecule has 4 saturated carbocycles. The Morgan fingerprint density at radius 2 is 1.64 bits per heavy atom. The fraction of sp³-hybridized carbons (Fsp3) is 0.588. The summed E-state index contributed by atoms with van der Waals surface area (Å²) in [4.78, 5) is 12.9. The van der Waals surface area contributed by atoms with Gasteiger partial charge in [-0.05, 0) is 130 Å². The van der Waals surface area contributed by atoms with Gasteiger partial charge in [0.2, 0.25) is 0 Å². The molecule has 118 valence electrons. The first-order chi connectivity index (χ1) is 10.4. The summed E-state index contributed by atoms with van der Waals surface area (Å²) in [5.74, 6) is 2.66. The molecule has 2 nitrogen and oxygen atoms in total. The molecule has 5 heteroatoms. The summed E-state index contributed by atoms with van der Waals surface area (Å²) in [6.45, 7) is 0. The summed E-state index contributed by atoms with van der Waals surface area (Å²) in [5.41, 5.74) is 0.866. The van der Waals surface area contributed by atoms with Gasteiger partial charge in [-0.1, -0.05) is 0 Å². The molecule has 0 radical (unpaired) electrons. The van der Waals surface area contributed by atoms with Gasteiger partial charge in [-0.25, -0.2) is 0 Å². The molecule has 0 spiro atoms. The average molecular weight is 586 g/mol. The van der Waals surface area contributed by atoms with Crippen molar-refractivity contribution in [2.75, 3.05) is 0 Å². The normalized spacial score (nSPS) is 35.7. The van der Waals surface area contributed by atoms with Crippen LogP contribution in [0.2, 0.25) is 0 Å². The van der Waals surface area contributed by atoms with Crippen LogP contribution in [0.5, 0.6) is 0 Å². The summed E-state index contributed by atoms with van der Waals surface area (Å²) in [6.07, 6.45) is 7.80. The zero-order valence-electron chi connectivity index (χ0n) is 12.2. The topological polar surface area (TPSA) is 29.1 Å². The number of benzene rings is 1. The lowest BCUT2D eigenvalue weighted by atomic mass is 9.53. The maximum absolute atomic E-state index is 12.9. The molecule has 1 amide bonds. The molecule has 4 fully saturated rings. The quantitative estimate of drug-likeness (QED) is 0.368. The smallest absolute Gasteiger partial charge is 0.252 e. The first kappa shape index (κ1) is 16.1. The lowest BCUT2D eigenvalue weighted by molar-refractivity contribution is -0.0167. The van der Waals surface area contributed by atoms with Gasteiger partial charge < -0.3 is 5.32 Å². The molecule has 0 atom stereocenters. The summed E-state index contributed by atoms with van der Waals surface area (Å²) < 4.78 is 3.14. The van der Waals surface area contributed by atoms with Crippen molar-refractivity contribution < 1.29 is 4.79 Å². The van der Waals surface area contributed by atoms with Gasteiger partial charge >= 0.3 is 0 Å². The number of amides is 1. The van der Waals surface area contributed by atoms with Crippen LogP contribution in [-0.4, -0.2) is 11.4 Å². The van der Waals surface area contributed by atoms with E-state index in [1.807, 2.05) is 6.07 Å². The fourth-order valence-electron chi connectivity index (χ4n) is 5.29. The van der Waals surface area contributed by atoms with E-state index in [4.69, 9.17) is 0 Å². The van der Waals surface area contributed by atoms with Crippen LogP contribution in [-0.2, 0) is 0 Å². The van der Waals surface area contributed by atoms with Crippen LogP contribution in [0.25, 0.3) is 0 Å². The van der Waals surface area contributed by atoms with Crippen LogP contribution in [0.4, 0.5) is 0 Å². The standard InChI is InChI=1S/C17H18BrI2NO/c18-15-13(4-12(19)5-14(15)20)16(22)21-17-6-9-1-10(7-17)3-11(2-9)8-17/h4-5,9-11H,1-3,6-8H2,(H,21,22). The van der Waals surface area contributed by atoms with Crippen molar-refractivity contribution in [3.63, 3.8) is 0 Å². The Bertz CT molecular complexity index is 611. The zero-order chi connectivity index (χ0) is 15.5. The van der Waals surface area contributed by atoms with Crippen LogP contribution >= 0.6 is 61.1 Å². The van der Waals surface area contributed by atoms with Gasteiger partial charge in [-0.3, -0.25) is 4.79 Å². The second kappa shape index (κ2) is 5.86. The first-order valence-electron chi connectivity index (χ1n) is 7.91. The highest BCUT2D eigenvalue weighted by molar-refractivity contribution is 14.1. The van der Waals surface area contributed by atoms with E-state index >= 15 is 0 Å². The molecule has 22 heavy (non-hydrogen) atoms. The van der Waals surface area contributed by atoms with E-state index in [-0.39, 0.29) is 11.4 Å². The molecule has 4 aliphatic rings. The van der Waals surface area contributed by atoms with E-state index in [1.54, 1.807) is 0 Å². The van der Waals surface area contributed by atoms with Crippen molar-refractivity contribution in [3.05, 3.63) is 29.3 Å². The highest BCUT2D eigenvalue weighted by atomic mass is 127. The number of carbonyl (C=O) groups is 1. The van der Waals surface area contributed by atoms with E-state index in [0.717, 1.165) is 34.9 Å². The molecule has 0 unspecified atom stereocenters. The van der Waals surface area contributed by atoms with Gasteiger partial charge in [0.05, 0.1) is 5.56 Å². The summed E-state index contributed by atoms with van der Waals surface area (Å²) >= 11 is 8.16. The second-order valence-corrected chi connectivity index (χ2v) is 10.6. The predicted molar refractivity (Wildman–Crippen MR) is 108 cm³/mol. The van der Waals surface area contributed by atoms with Crippen LogP contribution < -0.4 is 5.32 Å². The minimum atomic E-state index is 0.0813. The third-order valence-corrected chi connectivity index (χ3v) is 8.72. The minimum absolute atomic E-state index is 0.0813. The van der Waals surface area contributed by atoms with Gasteiger partial charge in [0.25, 0.3) is 5.91 Å². The third kappa shape index (κ3) is 2.87. The monoisotopic (exact) mass is 585 g/mol. The molecule has 4 bridgehead atoms.